The van der Waals surface area contributed by atoms with Gasteiger partial charge in [-0.15, -0.1) is 11.3 Å². The van der Waals surface area contributed by atoms with E-state index in [1.807, 2.05) is 24.3 Å². The van der Waals surface area contributed by atoms with Gasteiger partial charge >= 0.3 is 5.97 Å². The molecule has 3 aromatic rings. The zero-order chi connectivity index (χ0) is 19.2. The Bertz CT molecular complexity index is 1030. The molecule has 0 radical (unpaired) electrons. The van der Waals surface area contributed by atoms with Gasteiger partial charge in [0.05, 0.1) is 14.8 Å². The fourth-order valence-electron chi connectivity index (χ4n) is 3.50. The van der Waals surface area contributed by atoms with Gasteiger partial charge in [-0.2, -0.15) is 0 Å². The van der Waals surface area contributed by atoms with Crippen molar-refractivity contribution in [3.63, 3.8) is 0 Å². The molecule has 0 bridgehead atoms. The van der Waals surface area contributed by atoms with Gasteiger partial charge < -0.3 is 5.11 Å². The highest BCUT2D eigenvalue weighted by molar-refractivity contribution is 9.11. The smallest absolute Gasteiger partial charge is 0.337 e. The van der Waals surface area contributed by atoms with E-state index in [9.17, 15) is 14.7 Å². The maximum absolute atomic E-state index is 11.9. The first kappa shape index (κ1) is 18.1. The van der Waals surface area contributed by atoms with Crippen LogP contribution in [0, 0.1) is 0 Å². The number of aromatic carboxylic acids is 1. The van der Waals surface area contributed by atoms with E-state index in [4.69, 9.17) is 0 Å². The molecule has 2 aromatic carbocycles. The molecule has 1 aliphatic carbocycles. The van der Waals surface area contributed by atoms with Gasteiger partial charge in [0.25, 0.3) is 0 Å². The monoisotopic (exact) mass is 440 g/mol. The van der Waals surface area contributed by atoms with E-state index in [2.05, 4.69) is 40.2 Å². The number of hydrogen-bond donors (Lipinski definition) is 1. The molecule has 1 aliphatic rings. The lowest BCUT2D eigenvalue weighted by molar-refractivity contribution is -0.119. The summed E-state index contributed by atoms with van der Waals surface area (Å²) >= 11 is 4.78. The van der Waals surface area contributed by atoms with Crippen LogP contribution in [0.1, 0.15) is 35.7 Å². The van der Waals surface area contributed by atoms with Crippen LogP contribution in [0.5, 0.6) is 0 Å². The molecule has 0 aliphatic heterocycles. The molecule has 0 unspecified atom stereocenters. The van der Waals surface area contributed by atoms with Gasteiger partial charge in [0.2, 0.25) is 0 Å². The Balaban J connectivity index is 1.62. The van der Waals surface area contributed by atoms with Gasteiger partial charge in [0, 0.05) is 4.88 Å². The number of carboxylic acid groups (broad SMARTS) is 1. The third-order valence-electron chi connectivity index (χ3n) is 5.27. The van der Waals surface area contributed by atoms with E-state index in [0.717, 1.165) is 43.8 Å². The first-order chi connectivity index (χ1) is 12.9. The molecule has 0 saturated heterocycles. The highest BCUT2D eigenvalue weighted by atomic mass is 79.9. The van der Waals surface area contributed by atoms with Crippen molar-refractivity contribution in [1.29, 1.82) is 0 Å². The molecule has 1 saturated carbocycles. The number of ketones is 1. The van der Waals surface area contributed by atoms with Gasteiger partial charge in [-0.3, -0.25) is 4.79 Å². The number of carbonyl (C=O) groups is 2. The molecule has 0 amide bonds. The molecule has 3 nitrogen and oxygen atoms in total. The SMILES string of the molecule is CC(=O)C1(c2ccc(-c3ccc(-c4sc(Br)cc4C(=O)O)cc3)cc2)CC1. The van der Waals surface area contributed by atoms with Crippen molar-refractivity contribution in [2.45, 2.75) is 25.2 Å². The third-order valence-corrected chi connectivity index (χ3v) is 6.96. The Hall–Kier alpha value is -2.24. The zero-order valence-electron chi connectivity index (χ0n) is 14.7. The molecular weight excluding hydrogens is 424 g/mol. The van der Waals surface area contributed by atoms with Crippen LogP contribution in [0.4, 0.5) is 0 Å². The molecular formula is C22H17BrO3S. The van der Waals surface area contributed by atoms with E-state index in [0.29, 0.717) is 5.56 Å². The largest absolute Gasteiger partial charge is 0.478 e. The Morgan fingerprint density at radius 2 is 1.48 bits per heavy atom. The normalized spacial score (nSPS) is 14.7. The fourth-order valence-corrected chi connectivity index (χ4v) is 5.10. The Morgan fingerprint density at radius 3 is 1.96 bits per heavy atom. The topological polar surface area (TPSA) is 54.4 Å². The fraction of sp³-hybridized carbons (Fsp3) is 0.182. The zero-order valence-corrected chi connectivity index (χ0v) is 17.1. The number of carboxylic acids is 1. The van der Waals surface area contributed by atoms with Crippen molar-refractivity contribution in [2.24, 2.45) is 0 Å². The molecule has 1 N–H and O–H groups in total. The standard InChI is InChI=1S/C22H17BrO3S/c1-13(24)22(10-11-22)17-8-6-15(7-9-17)14-2-4-16(5-3-14)20-18(21(25)26)12-19(23)27-20/h2-9,12H,10-11H2,1H3,(H,25,26). The maximum Gasteiger partial charge on any atom is 0.337 e. The van der Waals surface area contributed by atoms with E-state index in [-0.39, 0.29) is 11.2 Å². The van der Waals surface area contributed by atoms with E-state index in [1.54, 1.807) is 13.0 Å². The minimum absolute atomic E-state index is 0.246. The summed E-state index contributed by atoms with van der Waals surface area (Å²) in [6.07, 6.45) is 1.89. The second-order valence-electron chi connectivity index (χ2n) is 6.89. The minimum atomic E-state index is -0.925. The van der Waals surface area contributed by atoms with Crippen LogP contribution in [-0.2, 0) is 10.2 Å². The number of halogens is 1. The van der Waals surface area contributed by atoms with Gasteiger partial charge in [-0.25, -0.2) is 4.79 Å². The minimum Gasteiger partial charge on any atom is -0.478 e. The average Bonchev–Trinajstić information content (AvgIpc) is 3.39. The van der Waals surface area contributed by atoms with Crippen LogP contribution in [-0.4, -0.2) is 16.9 Å². The number of thiophene rings is 1. The number of hydrogen-bond acceptors (Lipinski definition) is 3. The maximum atomic E-state index is 11.9. The molecule has 1 fully saturated rings. The van der Waals surface area contributed by atoms with Gasteiger partial charge in [0.15, 0.2) is 0 Å². The van der Waals surface area contributed by atoms with Crippen molar-refractivity contribution in [3.05, 3.63) is 69.5 Å². The second-order valence-corrected chi connectivity index (χ2v) is 9.32. The van der Waals surface area contributed by atoms with Crippen LogP contribution < -0.4 is 0 Å². The van der Waals surface area contributed by atoms with Crippen molar-refractivity contribution in [1.82, 2.24) is 0 Å². The van der Waals surface area contributed by atoms with Crippen LogP contribution in [0.3, 0.4) is 0 Å². The van der Waals surface area contributed by atoms with Crippen molar-refractivity contribution >= 4 is 39.0 Å². The van der Waals surface area contributed by atoms with Crippen molar-refractivity contribution < 1.29 is 14.7 Å². The van der Waals surface area contributed by atoms with Gasteiger partial charge in [0.1, 0.15) is 5.78 Å². The summed E-state index contributed by atoms with van der Waals surface area (Å²) in [5.41, 5.74) is 4.19. The first-order valence-corrected chi connectivity index (χ1v) is 10.3. The van der Waals surface area contributed by atoms with Crippen LogP contribution >= 0.6 is 27.3 Å². The van der Waals surface area contributed by atoms with E-state index >= 15 is 0 Å². The lowest BCUT2D eigenvalue weighted by Gasteiger charge is -2.12. The number of Topliss-reactive ketones (excluding diaryl/α,β-unsaturated/α-hetero) is 1. The summed E-state index contributed by atoms with van der Waals surface area (Å²) in [7, 11) is 0. The Morgan fingerprint density at radius 1 is 0.963 bits per heavy atom. The predicted molar refractivity (Wildman–Crippen MR) is 111 cm³/mol. The molecule has 0 spiro atoms. The molecule has 136 valence electrons. The predicted octanol–water partition coefficient (Wildman–Crippen LogP) is 6.16. The summed E-state index contributed by atoms with van der Waals surface area (Å²) in [4.78, 5) is 24.1. The first-order valence-electron chi connectivity index (χ1n) is 8.66. The summed E-state index contributed by atoms with van der Waals surface area (Å²) < 4.78 is 0.800. The lowest BCUT2D eigenvalue weighted by Crippen LogP contribution is -2.16. The summed E-state index contributed by atoms with van der Waals surface area (Å²) in [5, 5.41) is 9.37. The highest BCUT2D eigenvalue weighted by Gasteiger charge is 2.48. The molecule has 1 aromatic heterocycles. The van der Waals surface area contributed by atoms with Gasteiger partial charge in [-0.05, 0) is 64.0 Å². The second kappa shape index (κ2) is 6.73. The van der Waals surface area contributed by atoms with Crippen LogP contribution in [0.2, 0.25) is 0 Å². The van der Waals surface area contributed by atoms with E-state index in [1.165, 1.54) is 11.3 Å². The molecule has 4 rings (SSSR count). The molecule has 1 heterocycles. The average molecular weight is 441 g/mol. The van der Waals surface area contributed by atoms with Crippen LogP contribution in [0.25, 0.3) is 21.6 Å². The molecule has 0 atom stereocenters. The van der Waals surface area contributed by atoms with Crippen molar-refractivity contribution in [3.8, 4) is 21.6 Å². The summed E-state index contributed by atoms with van der Waals surface area (Å²) in [6, 6.07) is 17.8. The molecule has 27 heavy (non-hydrogen) atoms. The molecule has 5 heteroatoms. The van der Waals surface area contributed by atoms with Gasteiger partial charge in [-0.1, -0.05) is 48.5 Å². The number of rotatable bonds is 5. The quantitative estimate of drug-likeness (QED) is 0.516. The van der Waals surface area contributed by atoms with E-state index < -0.39 is 5.97 Å². The summed E-state index contributed by atoms with van der Waals surface area (Å²) in [5.74, 6) is -0.679. The number of benzene rings is 2. The number of carbonyl (C=O) groups excluding carboxylic acids is 1. The third kappa shape index (κ3) is 3.26. The Labute approximate surface area is 169 Å². The Kier molecular flexibility index (Phi) is 4.52. The van der Waals surface area contributed by atoms with Crippen LogP contribution in [0.15, 0.2) is 58.4 Å². The van der Waals surface area contributed by atoms with Crippen molar-refractivity contribution in [2.75, 3.05) is 0 Å². The summed E-state index contributed by atoms with van der Waals surface area (Å²) in [6.45, 7) is 1.67. The highest BCUT2D eigenvalue weighted by Crippen LogP contribution is 2.49. The lowest BCUT2D eigenvalue weighted by atomic mass is 9.90.